The summed E-state index contributed by atoms with van der Waals surface area (Å²) < 4.78 is 11.5. The molecule has 2 aliphatic carbocycles. The van der Waals surface area contributed by atoms with Crippen molar-refractivity contribution in [1.29, 1.82) is 0 Å². The molecule has 0 amide bonds. The Hall–Kier alpha value is -1.10. The van der Waals surface area contributed by atoms with Crippen LogP contribution in [0.15, 0.2) is 30.3 Å². The van der Waals surface area contributed by atoms with Crippen LogP contribution in [0.5, 0.6) is 0 Å². The summed E-state index contributed by atoms with van der Waals surface area (Å²) in [5.74, 6) is -0.494. The van der Waals surface area contributed by atoms with E-state index in [0.717, 1.165) is 5.56 Å². The Balaban J connectivity index is 1.51. The van der Waals surface area contributed by atoms with Gasteiger partial charge in [-0.1, -0.05) is 30.3 Å². The van der Waals surface area contributed by atoms with Gasteiger partial charge in [0.25, 0.3) is 0 Å². The first kappa shape index (κ1) is 22.6. The maximum Gasteiger partial charge on any atom is 0.109 e. The normalized spacial score (nSPS) is 40.7. The van der Waals surface area contributed by atoms with Crippen LogP contribution in [0.2, 0.25) is 0 Å². The maximum atomic E-state index is 10.3. The van der Waals surface area contributed by atoms with Crippen LogP contribution < -0.4 is 0 Å². The third kappa shape index (κ3) is 5.53. The van der Waals surface area contributed by atoms with Gasteiger partial charge in [-0.05, 0) is 31.2 Å². The molecule has 2 fully saturated rings. The van der Waals surface area contributed by atoms with Crippen molar-refractivity contribution in [3.05, 3.63) is 35.9 Å². The molecule has 1 aromatic rings. The van der Waals surface area contributed by atoms with E-state index in [9.17, 15) is 30.6 Å². The second-order valence-corrected chi connectivity index (χ2v) is 8.11. The molecule has 2 saturated carbocycles. The van der Waals surface area contributed by atoms with E-state index < -0.39 is 54.7 Å². The molecular formula is C21H32O8. The van der Waals surface area contributed by atoms with Gasteiger partial charge >= 0.3 is 0 Å². The quantitative estimate of drug-likeness (QED) is 0.334. The minimum atomic E-state index is -1.36. The standard InChI is InChI=1S/C21H32O8/c22-14-6-7-15(19(25)18(14)24)29-11-13-10-16(20(26)21(27)17(13)23)28-9-8-12-4-2-1-3-5-12/h1-5,13-27H,6-11H2/t13-,14+,15-,16-,17-,18+,19+,20+,21+/m1/s1. The van der Waals surface area contributed by atoms with E-state index in [1.807, 2.05) is 30.3 Å². The molecule has 0 radical (unpaired) electrons. The lowest BCUT2D eigenvalue weighted by Gasteiger charge is -2.41. The molecule has 2 aliphatic rings. The maximum absolute atomic E-state index is 10.3. The first-order valence-electron chi connectivity index (χ1n) is 10.2. The Morgan fingerprint density at radius 1 is 0.724 bits per heavy atom. The summed E-state index contributed by atoms with van der Waals surface area (Å²) in [6.07, 6.45) is -6.87. The Labute approximate surface area is 170 Å². The predicted molar refractivity (Wildman–Crippen MR) is 103 cm³/mol. The molecule has 0 saturated heterocycles. The second kappa shape index (κ2) is 10.3. The lowest BCUT2D eigenvalue weighted by atomic mass is 9.81. The molecule has 9 atom stereocenters. The summed E-state index contributed by atoms with van der Waals surface area (Å²) in [6.45, 7) is 0.404. The summed E-state index contributed by atoms with van der Waals surface area (Å²) in [4.78, 5) is 0. The molecule has 6 N–H and O–H groups in total. The molecule has 1 aromatic carbocycles. The number of aliphatic hydroxyl groups is 6. The van der Waals surface area contributed by atoms with Crippen LogP contribution in [0.25, 0.3) is 0 Å². The highest BCUT2D eigenvalue weighted by atomic mass is 16.5. The zero-order valence-electron chi connectivity index (χ0n) is 16.3. The number of benzene rings is 1. The molecule has 164 valence electrons. The molecule has 0 aromatic heterocycles. The van der Waals surface area contributed by atoms with Crippen molar-refractivity contribution < 1.29 is 40.1 Å². The summed E-state index contributed by atoms with van der Waals surface area (Å²) in [6, 6.07) is 9.77. The van der Waals surface area contributed by atoms with Crippen molar-refractivity contribution in [2.75, 3.05) is 13.2 Å². The Morgan fingerprint density at radius 3 is 2.14 bits per heavy atom. The van der Waals surface area contributed by atoms with Gasteiger partial charge in [-0.2, -0.15) is 0 Å². The van der Waals surface area contributed by atoms with Gasteiger partial charge in [-0.25, -0.2) is 0 Å². The van der Waals surface area contributed by atoms with Gasteiger partial charge in [0.15, 0.2) is 0 Å². The zero-order valence-corrected chi connectivity index (χ0v) is 16.3. The summed E-state index contributed by atoms with van der Waals surface area (Å²) in [7, 11) is 0. The first-order chi connectivity index (χ1) is 13.9. The Morgan fingerprint density at radius 2 is 1.41 bits per heavy atom. The largest absolute Gasteiger partial charge is 0.390 e. The molecule has 8 heteroatoms. The van der Waals surface area contributed by atoms with E-state index >= 15 is 0 Å². The molecule has 0 aliphatic heterocycles. The SMILES string of the molecule is O[C@H]1[C@H](O)[C@@H](CO[C@@H]2CC[C@H](O)[C@H](O)[C@H]2O)C[C@@H](OCCc2ccccc2)[C@@H]1O. The van der Waals surface area contributed by atoms with E-state index in [4.69, 9.17) is 9.47 Å². The Kier molecular flexibility index (Phi) is 8.00. The molecule has 0 spiro atoms. The fraction of sp³-hybridized carbons (Fsp3) is 0.714. The average Bonchev–Trinajstić information content (AvgIpc) is 2.73. The number of aliphatic hydroxyl groups excluding tert-OH is 6. The van der Waals surface area contributed by atoms with Crippen LogP contribution in [0.1, 0.15) is 24.8 Å². The van der Waals surface area contributed by atoms with Gasteiger partial charge in [0.2, 0.25) is 0 Å². The molecule has 29 heavy (non-hydrogen) atoms. The van der Waals surface area contributed by atoms with Crippen molar-refractivity contribution in [2.24, 2.45) is 5.92 Å². The molecular weight excluding hydrogens is 380 g/mol. The van der Waals surface area contributed by atoms with Crippen LogP contribution in [0.4, 0.5) is 0 Å². The number of hydrogen-bond donors (Lipinski definition) is 6. The highest BCUT2D eigenvalue weighted by Crippen LogP contribution is 2.30. The fourth-order valence-corrected chi connectivity index (χ4v) is 4.14. The van der Waals surface area contributed by atoms with Crippen LogP contribution in [-0.2, 0) is 15.9 Å². The molecule has 0 bridgehead atoms. The fourth-order valence-electron chi connectivity index (χ4n) is 4.14. The highest BCUT2D eigenvalue weighted by Gasteiger charge is 2.44. The summed E-state index contributed by atoms with van der Waals surface area (Å²) in [5.41, 5.74) is 1.10. The van der Waals surface area contributed by atoms with Gasteiger partial charge in [0.05, 0.1) is 37.6 Å². The van der Waals surface area contributed by atoms with E-state index in [0.29, 0.717) is 32.3 Å². The Bertz CT molecular complexity index is 614. The minimum Gasteiger partial charge on any atom is -0.390 e. The molecule has 0 unspecified atom stereocenters. The lowest BCUT2D eigenvalue weighted by Crippen LogP contribution is -2.56. The average molecular weight is 412 g/mol. The lowest BCUT2D eigenvalue weighted by molar-refractivity contribution is -0.195. The van der Waals surface area contributed by atoms with Crippen molar-refractivity contribution >= 4 is 0 Å². The van der Waals surface area contributed by atoms with Crippen molar-refractivity contribution in [1.82, 2.24) is 0 Å². The van der Waals surface area contributed by atoms with Crippen LogP contribution >= 0.6 is 0 Å². The third-order valence-corrected chi connectivity index (χ3v) is 6.06. The summed E-state index contributed by atoms with van der Waals surface area (Å²) >= 11 is 0. The number of hydrogen-bond acceptors (Lipinski definition) is 8. The molecule has 3 rings (SSSR count). The third-order valence-electron chi connectivity index (χ3n) is 6.06. The summed E-state index contributed by atoms with van der Waals surface area (Å²) in [5, 5.41) is 60.3. The highest BCUT2D eigenvalue weighted by molar-refractivity contribution is 5.14. The molecule has 0 heterocycles. The van der Waals surface area contributed by atoms with E-state index in [1.54, 1.807) is 0 Å². The predicted octanol–water partition coefficient (Wildman–Crippen LogP) is -1.02. The van der Waals surface area contributed by atoms with E-state index in [2.05, 4.69) is 0 Å². The van der Waals surface area contributed by atoms with Crippen molar-refractivity contribution in [3.8, 4) is 0 Å². The van der Waals surface area contributed by atoms with Gasteiger partial charge in [0.1, 0.15) is 24.4 Å². The van der Waals surface area contributed by atoms with Crippen molar-refractivity contribution in [2.45, 2.75) is 74.5 Å². The zero-order chi connectivity index (χ0) is 21.0. The van der Waals surface area contributed by atoms with Crippen LogP contribution in [0.3, 0.4) is 0 Å². The van der Waals surface area contributed by atoms with Gasteiger partial charge in [-0.3, -0.25) is 0 Å². The number of ether oxygens (including phenoxy) is 2. The van der Waals surface area contributed by atoms with Gasteiger partial charge in [-0.15, -0.1) is 0 Å². The smallest absolute Gasteiger partial charge is 0.109 e. The number of rotatable bonds is 7. The monoisotopic (exact) mass is 412 g/mol. The van der Waals surface area contributed by atoms with Crippen molar-refractivity contribution in [3.63, 3.8) is 0 Å². The minimum absolute atomic E-state index is 0.0357. The first-order valence-corrected chi connectivity index (χ1v) is 10.2. The van der Waals surface area contributed by atoms with Crippen LogP contribution in [0, 0.1) is 5.92 Å². The van der Waals surface area contributed by atoms with E-state index in [-0.39, 0.29) is 6.61 Å². The second-order valence-electron chi connectivity index (χ2n) is 8.11. The van der Waals surface area contributed by atoms with E-state index in [1.165, 1.54) is 0 Å². The molecule has 8 nitrogen and oxygen atoms in total. The van der Waals surface area contributed by atoms with Gasteiger partial charge in [0, 0.05) is 5.92 Å². The van der Waals surface area contributed by atoms with Gasteiger partial charge < -0.3 is 40.1 Å². The topological polar surface area (TPSA) is 140 Å². The van der Waals surface area contributed by atoms with Crippen LogP contribution in [-0.4, -0.2) is 92.7 Å².